The Balaban J connectivity index is 2.45. The number of aldehydes is 1. The molecule has 0 spiro atoms. The van der Waals surface area contributed by atoms with Crippen LogP contribution in [0, 0.1) is 10.1 Å². The Labute approximate surface area is 117 Å². The highest BCUT2D eigenvalue weighted by Gasteiger charge is 2.27. The van der Waals surface area contributed by atoms with Crippen molar-refractivity contribution >= 4 is 12.0 Å². The Kier molecular flexibility index (Phi) is 6.10. The van der Waals surface area contributed by atoms with Crippen LogP contribution < -0.4 is 4.74 Å². The fourth-order valence-electron chi connectivity index (χ4n) is 1.40. The molecule has 1 aromatic rings. The number of hydrogen-bond donors (Lipinski definition) is 0. The average Bonchev–Trinajstić information content (AvgIpc) is 2.41. The fraction of sp³-hybridized carbons (Fsp3) is 0.417. The van der Waals surface area contributed by atoms with Gasteiger partial charge in [0, 0.05) is 18.1 Å². The summed E-state index contributed by atoms with van der Waals surface area (Å²) >= 11 is 0. The minimum absolute atomic E-state index is 0.0425. The van der Waals surface area contributed by atoms with Crippen molar-refractivity contribution in [2.45, 2.75) is 12.6 Å². The Morgan fingerprint density at radius 2 is 2.00 bits per heavy atom. The molecule has 0 heterocycles. The molecule has 0 atom stereocenters. The third kappa shape index (κ3) is 6.21. The van der Waals surface area contributed by atoms with Crippen molar-refractivity contribution in [3.05, 3.63) is 33.9 Å². The van der Waals surface area contributed by atoms with Crippen molar-refractivity contribution < 1.29 is 32.4 Å². The second-order valence-electron chi connectivity index (χ2n) is 3.97. The molecular weight excluding hydrogens is 295 g/mol. The summed E-state index contributed by atoms with van der Waals surface area (Å²) in [7, 11) is 0. The summed E-state index contributed by atoms with van der Waals surface area (Å²) in [6.07, 6.45) is -3.78. The third-order valence-electron chi connectivity index (χ3n) is 2.27. The van der Waals surface area contributed by atoms with Gasteiger partial charge in [-0.15, -0.1) is 0 Å². The van der Waals surface area contributed by atoms with Crippen LogP contribution in [-0.2, 0) is 4.74 Å². The van der Waals surface area contributed by atoms with E-state index >= 15 is 0 Å². The summed E-state index contributed by atoms with van der Waals surface area (Å²) in [6.45, 7) is -1.57. The van der Waals surface area contributed by atoms with Crippen LogP contribution in [0.25, 0.3) is 0 Å². The molecule has 9 heteroatoms. The molecule has 0 aliphatic carbocycles. The lowest BCUT2D eigenvalue weighted by molar-refractivity contribution is -0.385. The van der Waals surface area contributed by atoms with Gasteiger partial charge in [-0.3, -0.25) is 14.9 Å². The van der Waals surface area contributed by atoms with Crippen molar-refractivity contribution in [2.24, 2.45) is 0 Å². The molecule has 0 amide bonds. The lowest BCUT2D eigenvalue weighted by atomic mass is 10.2. The fourth-order valence-corrected chi connectivity index (χ4v) is 1.40. The molecule has 0 N–H and O–H groups in total. The van der Waals surface area contributed by atoms with Crippen LogP contribution in [0.3, 0.4) is 0 Å². The van der Waals surface area contributed by atoms with Gasteiger partial charge in [0.25, 0.3) is 0 Å². The number of nitro groups is 1. The zero-order valence-corrected chi connectivity index (χ0v) is 10.8. The van der Waals surface area contributed by atoms with Crippen molar-refractivity contribution in [2.75, 3.05) is 19.8 Å². The first kappa shape index (κ1) is 16.9. The lowest BCUT2D eigenvalue weighted by Crippen LogP contribution is -2.18. The second kappa shape index (κ2) is 7.58. The number of nitrogens with zero attached hydrogens (tertiary/aromatic N) is 1. The number of nitro benzene ring substituents is 1. The summed E-state index contributed by atoms with van der Waals surface area (Å²) in [5, 5.41) is 10.8. The normalized spacial score (nSPS) is 11.2. The van der Waals surface area contributed by atoms with E-state index in [1.165, 1.54) is 12.1 Å². The molecule has 0 saturated heterocycles. The minimum Gasteiger partial charge on any atom is -0.487 e. The van der Waals surface area contributed by atoms with Gasteiger partial charge >= 0.3 is 11.9 Å². The predicted molar refractivity (Wildman–Crippen MR) is 65.5 cm³/mol. The summed E-state index contributed by atoms with van der Waals surface area (Å²) in [4.78, 5) is 20.6. The highest BCUT2D eigenvalue weighted by atomic mass is 19.4. The Bertz CT molecular complexity index is 504. The highest BCUT2D eigenvalue weighted by Crippen LogP contribution is 2.27. The molecule has 0 radical (unpaired) electrons. The van der Waals surface area contributed by atoms with Crippen molar-refractivity contribution in [3.8, 4) is 5.75 Å². The topological polar surface area (TPSA) is 78.7 Å². The van der Waals surface area contributed by atoms with E-state index in [9.17, 15) is 28.1 Å². The SMILES string of the molecule is O=Cc1ccc(OCCCOCC(F)(F)F)c([N+](=O)[O-])c1. The highest BCUT2D eigenvalue weighted by molar-refractivity contribution is 5.77. The van der Waals surface area contributed by atoms with Crippen molar-refractivity contribution in [3.63, 3.8) is 0 Å². The van der Waals surface area contributed by atoms with E-state index in [0.29, 0.717) is 6.29 Å². The maximum absolute atomic E-state index is 11.8. The molecule has 0 aliphatic heterocycles. The number of carbonyl (C=O) groups excluding carboxylic acids is 1. The summed E-state index contributed by atoms with van der Waals surface area (Å²) < 4.78 is 44.8. The van der Waals surface area contributed by atoms with Crippen LogP contribution in [0.2, 0.25) is 0 Å². The first-order valence-electron chi connectivity index (χ1n) is 5.84. The van der Waals surface area contributed by atoms with Gasteiger partial charge in [-0.2, -0.15) is 13.2 Å². The predicted octanol–water partition coefficient (Wildman–Crippen LogP) is 2.76. The maximum Gasteiger partial charge on any atom is 0.411 e. The molecule has 6 nitrogen and oxygen atoms in total. The minimum atomic E-state index is -4.38. The van der Waals surface area contributed by atoms with Gasteiger partial charge in [-0.25, -0.2) is 0 Å². The Morgan fingerprint density at radius 3 is 2.57 bits per heavy atom. The molecule has 1 rings (SSSR count). The zero-order chi connectivity index (χ0) is 15.9. The largest absolute Gasteiger partial charge is 0.487 e. The molecule has 0 unspecified atom stereocenters. The van der Waals surface area contributed by atoms with Crippen LogP contribution in [0.5, 0.6) is 5.75 Å². The van der Waals surface area contributed by atoms with Crippen LogP contribution in [-0.4, -0.2) is 37.2 Å². The van der Waals surface area contributed by atoms with E-state index in [1.54, 1.807) is 0 Å². The number of rotatable bonds is 8. The van der Waals surface area contributed by atoms with E-state index < -0.39 is 17.7 Å². The molecule has 0 saturated carbocycles. The van der Waals surface area contributed by atoms with Gasteiger partial charge in [-0.05, 0) is 12.1 Å². The molecule has 0 fully saturated rings. The van der Waals surface area contributed by atoms with E-state index in [2.05, 4.69) is 4.74 Å². The first-order valence-corrected chi connectivity index (χ1v) is 5.84. The molecule has 1 aromatic carbocycles. The smallest absolute Gasteiger partial charge is 0.411 e. The summed E-state index contributed by atoms with van der Waals surface area (Å²) in [6, 6.07) is 3.66. The first-order chi connectivity index (χ1) is 9.83. The summed E-state index contributed by atoms with van der Waals surface area (Å²) in [5.74, 6) is -0.0542. The van der Waals surface area contributed by atoms with Crippen LogP contribution in [0.4, 0.5) is 18.9 Å². The standard InChI is InChI=1S/C12H12F3NO5/c13-12(14,15)8-20-4-1-5-21-11-3-2-9(7-17)6-10(11)16(18)19/h2-3,6-7H,1,4-5,8H2. The monoisotopic (exact) mass is 307 g/mol. The van der Waals surface area contributed by atoms with Gasteiger partial charge in [0.05, 0.1) is 18.1 Å². The van der Waals surface area contributed by atoms with Gasteiger partial charge in [0.15, 0.2) is 5.75 Å². The number of benzene rings is 1. The molecule has 21 heavy (non-hydrogen) atoms. The second-order valence-corrected chi connectivity index (χ2v) is 3.97. The third-order valence-corrected chi connectivity index (χ3v) is 2.27. The van der Waals surface area contributed by atoms with Crippen LogP contribution in [0.15, 0.2) is 18.2 Å². The lowest BCUT2D eigenvalue weighted by Gasteiger charge is -2.09. The zero-order valence-electron chi connectivity index (χ0n) is 10.8. The van der Waals surface area contributed by atoms with Crippen molar-refractivity contribution in [1.82, 2.24) is 0 Å². The van der Waals surface area contributed by atoms with Crippen molar-refractivity contribution in [1.29, 1.82) is 0 Å². The van der Waals surface area contributed by atoms with E-state index in [0.717, 1.165) is 6.07 Å². The van der Waals surface area contributed by atoms with Crippen LogP contribution in [0.1, 0.15) is 16.8 Å². The molecule has 0 aliphatic rings. The average molecular weight is 307 g/mol. The van der Waals surface area contributed by atoms with Gasteiger partial charge in [0.1, 0.15) is 12.9 Å². The number of carbonyl (C=O) groups is 1. The molecule has 0 bridgehead atoms. The van der Waals surface area contributed by atoms with Crippen LogP contribution >= 0.6 is 0 Å². The number of ether oxygens (including phenoxy) is 2. The Morgan fingerprint density at radius 1 is 1.29 bits per heavy atom. The maximum atomic E-state index is 11.8. The molecule has 0 aromatic heterocycles. The molecular formula is C12H12F3NO5. The van der Waals surface area contributed by atoms with Gasteiger partial charge in [-0.1, -0.05) is 0 Å². The Hall–Kier alpha value is -2.16. The number of halogens is 3. The van der Waals surface area contributed by atoms with E-state index in [1.807, 2.05) is 0 Å². The van der Waals surface area contributed by atoms with E-state index in [4.69, 9.17) is 4.74 Å². The summed E-state index contributed by atoms with van der Waals surface area (Å²) in [5.41, 5.74) is -0.252. The van der Waals surface area contributed by atoms with Gasteiger partial charge < -0.3 is 9.47 Å². The molecule has 116 valence electrons. The number of hydrogen-bond acceptors (Lipinski definition) is 5. The van der Waals surface area contributed by atoms with Gasteiger partial charge in [0.2, 0.25) is 0 Å². The van der Waals surface area contributed by atoms with E-state index in [-0.39, 0.29) is 36.6 Å². The quantitative estimate of drug-likeness (QED) is 0.319. The number of alkyl halides is 3.